The fourth-order valence-corrected chi connectivity index (χ4v) is 2.55. The van der Waals surface area contributed by atoms with Crippen LogP contribution in [0, 0.1) is 5.41 Å². The number of nitrogens with zero attached hydrogens (tertiary/aromatic N) is 1. The SMILES string of the molecule is C[C@@H](NC(=O)C1(C)CCCC1N)c1cccnc1. The van der Waals surface area contributed by atoms with E-state index >= 15 is 0 Å². The summed E-state index contributed by atoms with van der Waals surface area (Å²) in [6.07, 6.45) is 6.35. The zero-order valence-electron chi connectivity index (χ0n) is 11.0. The Labute approximate surface area is 108 Å². The lowest BCUT2D eigenvalue weighted by molar-refractivity contribution is -0.131. The van der Waals surface area contributed by atoms with Crippen molar-refractivity contribution in [2.24, 2.45) is 11.1 Å². The number of nitrogens with two attached hydrogens (primary N) is 1. The molecule has 1 aliphatic carbocycles. The summed E-state index contributed by atoms with van der Waals surface area (Å²) in [5, 5.41) is 3.05. The number of carbonyl (C=O) groups excluding carboxylic acids is 1. The highest BCUT2D eigenvalue weighted by atomic mass is 16.2. The van der Waals surface area contributed by atoms with Crippen LogP contribution in [0.15, 0.2) is 24.5 Å². The number of hydrogen-bond donors (Lipinski definition) is 2. The maximum absolute atomic E-state index is 12.3. The zero-order chi connectivity index (χ0) is 13.2. The molecule has 18 heavy (non-hydrogen) atoms. The summed E-state index contributed by atoms with van der Waals surface area (Å²) in [5.41, 5.74) is 6.65. The highest BCUT2D eigenvalue weighted by molar-refractivity contribution is 5.83. The maximum Gasteiger partial charge on any atom is 0.227 e. The first-order valence-electron chi connectivity index (χ1n) is 6.50. The van der Waals surface area contributed by atoms with Gasteiger partial charge in [-0.25, -0.2) is 0 Å². The molecule has 0 spiro atoms. The molecule has 0 aliphatic heterocycles. The van der Waals surface area contributed by atoms with Gasteiger partial charge in [-0.15, -0.1) is 0 Å². The molecule has 1 fully saturated rings. The van der Waals surface area contributed by atoms with Gasteiger partial charge in [-0.2, -0.15) is 0 Å². The molecule has 0 saturated heterocycles. The topological polar surface area (TPSA) is 68.0 Å². The van der Waals surface area contributed by atoms with E-state index in [2.05, 4.69) is 10.3 Å². The fraction of sp³-hybridized carbons (Fsp3) is 0.571. The fourth-order valence-electron chi connectivity index (χ4n) is 2.55. The lowest BCUT2D eigenvalue weighted by Gasteiger charge is -2.29. The minimum atomic E-state index is -0.420. The zero-order valence-corrected chi connectivity index (χ0v) is 11.0. The van der Waals surface area contributed by atoms with E-state index in [9.17, 15) is 4.79 Å². The van der Waals surface area contributed by atoms with Gasteiger partial charge in [0.1, 0.15) is 0 Å². The van der Waals surface area contributed by atoms with Gasteiger partial charge in [0.25, 0.3) is 0 Å². The first kappa shape index (κ1) is 13.0. The van der Waals surface area contributed by atoms with Gasteiger partial charge in [0.2, 0.25) is 5.91 Å². The molecule has 0 radical (unpaired) electrons. The van der Waals surface area contributed by atoms with Gasteiger partial charge < -0.3 is 11.1 Å². The second-order valence-electron chi connectivity index (χ2n) is 5.40. The lowest BCUT2D eigenvalue weighted by Crippen LogP contribution is -2.47. The number of rotatable bonds is 3. The molecule has 2 rings (SSSR count). The van der Waals surface area contributed by atoms with Gasteiger partial charge in [0.05, 0.1) is 11.5 Å². The summed E-state index contributed by atoms with van der Waals surface area (Å²) < 4.78 is 0. The van der Waals surface area contributed by atoms with E-state index in [4.69, 9.17) is 5.73 Å². The van der Waals surface area contributed by atoms with E-state index in [0.717, 1.165) is 24.8 Å². The van der Waals surface area contributed by atoms with Gasteiger partial charge in [-0.3, -0.25) is 9.78 Å². The molecule has 4 nitrogen and oxygen atoms in total. The monoisotopic (exact) mass is 247 g/mol. The van der Waals surface area contributed by atoms with E-state index in [-0.39, 0.29) is 18.0 Å². The highest BCUT2D eigenvalue weighted by Crippen LogP contribution is 2.37. The predicted octanol–water partition coefficient (Wildman–Crippen LogP) is 1.78. The molecule has 1 aromatic rings. The van der Waals surface area contributed by atoms with E-state index in [1.807, 2.05) is 26.0 Å². The molecular formula is C14H21N3O. The van der Waals surface area contributed by atoms with Gasteiger partial charge in [-0.1, -0.05) is 12.5 Å². The summed E-state index contributed by atoms with van der Waals surface area (Å²) in [4.78, 5) is 16.4. The van der Waals surface area contributed by atoms with Gasteiger partial charge >= 0.3 is 0 Å². The molecular weight excluding hydrogens is 226 g/mol. The average Bonchev–Trinajstić information content (AvgIpc) is 2.72. The molecule has 0 bridgehead atoms. The molecule has 1 aromatic heterocycles. The van der Waals surface area contributed by atoms with Crippen molar-refractivity contribution in [3.63, 3.8) is 0 Å². The van der Waals surface area contributed by atoms with Crippen molar-refractivity contribution in [3.05, 3.63) is 30.1 Å². The molecule has 2 unspecified atom stereocenters. The Morgan fingerprint density at radius 1 is 1.67 bits per heavy atom. The van der Waals surface area contributed by atoms with E-state index in [1.165, 1.54) is 0 Å². The quantitative estimate of drug-likeness (QED) is 0.855. The van der Waals surface area contributed by atoms with Crippen LogP contribution in [0.4, 0.5) is 0 Å². The van der Waals surface area contributed by atoms with Crippen LogP contribution < -0.4 is 11.1 Å². The summed E-state index contributed by atoms with van der Waals surface area (Å²) in [6.45, 7) is 3.94. The standard InChI is InChI=1S/C14H21N3O/c1-10(11-5-4-8-16-9-11)17-13(18)14(2)7-3-6-12(14)15/h4-5,8-10,12H,3,6-7,15H2,1-2H3,(H,17,18)/t10-,12?,14?/m1/s1. The van der Waals surface area contributed by atoms with Gasteiger partial charge in [0.15, 0.2) is 0 Å². The van der Waals surface area contributed by atoms with Gasteiger partial charge in [-0.05, 0) is 38.3 Å². The smallest absolute Gasteiger partial charge is 0.227 e. The van der Waals surface area contributed by atoms with Crippen LogP contribution in [0.2, 0.25) is 0 Å². The molecule has 1 aliphatic rings. The molecule has 1 heterocycles. The van der Waals surface area contributed by atoms with Crippen LogP contribution in [0.5, 0.6) is 0 Å². The van der Waals surface area contributed by atoms with Crippen molar-refractivity contribution >= 4 is 5.91 Å². The Hall–Kier alpha value is -1.42. The summed E-state index contributed by atoms with van der Waals surface area (Å²) >= 11 is 0. The number of nitrogens with one attached hydrogen (secondary N) is 1. The number of amides is 1. The maximum atomic E-state index is 12.3. The molecule has 3 atom stereocenters. The minimum absolute atomic E-state index is 0.0291. The summed E-state index contributed by atoms with van der Waals surface area (Å²) in [5.74, 6) is 0.0591. The normalized spacial score (nSPS) is 28.9. The molecule has 1 amide bonds. The molecule has 0 aromatic carbocycles. The number of pyridine rings is 1. The first-order valence-corrected chi connectivity index (χ1v) is 6.50. The number of carbonyl (C=O) groups is 1. The van der Waals surface area contributed by atoms with E-state index < -0.39 is 5.41 Å². The predicted molar refractivity (Wildman–Crippen MR) is 70.7 cm³/mol. The Bertz CT molecular complexity index is 420. The lowest BCUT2D eigenvalue weighted by atomic mass is 9.84. The minimum Gasteiger partial charge on any atom is -0.349 e. The van der Waals surface area contributed by atoms with Crippen molar-refractivity contribution in [2.75, 3.05) is 0 Å². The van der Waals surface area contributed by atoms with Crippen molar-refractivity contribution in [3.8, 4) is 0 Å². The van der Waals surface area contributed by atoms with Crippen molar-refractivity contribution in [1.82, 2.24) is 10.3 Å². The van der Waals surface area contributed by atoms with E-state index in [1.54, 1.807) is 12.4 Å². The van der Waals surface area contributed by atoms with Crippen LogP contribution >= 0.6 is 0 Å². The van der Waals surface area contributed by atoms with Crippen LogP contribution in [-0.4, -0.2) is 16.9 Å². The average molecular weight is 247 g/mol. The molecule has 98 valence electrons. The van der Waals surface area contributed by atoms with Crippen LogP contribution in [0.1, 0.15) is 44.7 Å². The summed E-state index contributed by atoms with van der Waals surface area (Å²) in [7, 11) is 0. The Morgan fingerprint density at radius 3 is 3.00 bits per heavy atom. The first-order chi connectivity index (χ1) is 8.54. The highest BCUT2D eigenvalue weighted by Gasteiger charge is 2.43. The number of hydrogen-bond acceptors (Lipinski definition) is 3. The van der Waals surface area contributed by atoms with Crippen molar-refractivity contribution in [2.45, 2.75) is 45.2 Å². The third kappa shape index (κ3) is 2.38. The van der Waals surface area contributed by atoms with Crippen LogP contribution in [0.3, 0.4) is 0 Å². The molecule has 1 saturated carbocycles. The van der Waals surface area contributed by atoms with Crippen LogP contribution in [0.25, 0.3) is 0 Å². The van der Waals surface area contributed by atoms with Crippen LogP contribution in [-0.2, 0) is 4.79 Å². The third-order valence-electron chi connectivity index (χ3n) is 4.08. The largest absolute Gasteiger partial charge is 0.349 e. The Morgan fingerprint density at radius 2 is 2.44 bits per heavy atom. The molecule has 4 heteroatoms. The Balaban J connectivity index is 2.04. The van der Waals surface area contributed by atoms with Crippen molar-refractivity contribution < 1.29 is 4.79 Å². The van der Waals surface area contributed by atoms with Gasteiger partial charge in [0, 0.05) is 18.4 Å². The second kappa shape index (κ2) is 5.06. The van der Waals surface area contributed by atoms with Crippen molar-refractivity contribution in [1.29, 1.82) is 0 Å². The third-order valence-corrected chi connectivity index (χ3v) is 4.08. The van der Waals surface area contributed by atoms with E-state index in [0.29, 0.717) is 0 Å². The number of aromatic nitrogens is 1. The summed E-state index contributed by atoms with van der Waals surface area (Å²) in [6, 6.07) is 3.78. The molecule has 3 N–H and O–H groups in total. The second-order valence-corrected chi connectivity index (χ2v) is 5.40. The Kier molecular flexibility index (Phi) is 3.66.